The minimum absolute atomic E-state index is 0.0808. The Kier molecular flexibility index (Phi) is 4.40. The lowest BCUT2D eigenvalue weighted by atomic mass is 10.2. The van der Waals surface area contributed by atoms with Gasteiger partial charge in [0.05, 0.1) is 6.10 Å². The fraction of sp³-hybridized carbons (Fsp3) is 0.286. The highest BCUT2D eigenvalue weighted by Gasteiger charge is 2.03. The zero-order valence-corrected chi connectivity index (χ0v) is 8.04. The van der Waals surface area contributed by atoms with Gasteiger partial charge in [0.25, 0.3) is 0 Å². The van der Waals surface area contributed by atoms with Crippen molar-refractivity contribution in [2.45, 2.75) is 13.0 Å². The summed E-state index contributed by atoms with van der Waals surface area (Å²) >= 11 is 3.01. The summed E-state index contributed by atoms with van der Waals surface area (Å²) < 4.78 is 0.385. The fourth-order valence-electron chi connectivity index (χ4n) is 0.422. The van der Waals surface area contributed by atoms with Crippen LogP contribution in [0.5, 0.6) is 0 Å². The summed E-state index contributed by atoms with van der Waals surface area (Å²) in [6.07, 6.45) is 0.535. The van der Waals surface area contributed by atoms with E-state index >= 15 is 0 Å². The number of aliphatic hydroxyl groups is 2. The molecule has 66 valence electrons. The molecule has 0 aromatic carbocycles. The van der Waals surface area contributed by atoms with E-state index < -0.39 is 12.0 Å². The first-order chi connectivity index (χ1) is 5.49. The highest BCUT2D eigenvalue weighted by Crippen LogP contribution is 2.13. The van der Waals surface area contributed by atoms with E-state index in [0.29, 0.717) is 4.48 Å². The summed E-state index contributed by atoms with van der Waals surface area (Å²) in [6, 6.07) is 1.67. The molecule has 0 spiro atoms. The number of hydrogen-bond acceptors (Lipinski definition) is 4. The SMILES string of the molecule is CC(O)/C(Br)=C\C(C#N)=C(/N)O. The third-order valence-corrected chi connectivity index (χ3v) is 1.97. The Balaban J connectivity index is 4.76. The maximum Gasteiger partial charge on any atom is 0.199 e. The molecule has 0 saturated carbocycles. The van der Waals surface area contributed by atoms with Crippen molar-refractivity contribution in [1.82, 2.24) is 0 Å². The van der Waals surface area contributed by atoms with Crippen molar-refractivity contribution in [3.63, 3.8) is 0 Å². The number of hydrogen-bond donors (Lipinski definition) is 3. The molecule has 0 amide bonds. The first-order valence-electron chi connectivity index (χ1n) is 3.13. The van der Waals surface area contributed by atoms with Gasteiger partial charge in [0.2, 0.25) is 0 Å². The lowest BCUT2D eigenvalue weighted by Gasteiger charge is -2.00. The van der Waals surface area contributed by atoms with Crippen LogP contribution in [0, 0.1) is 11.3 Å². The molecule has 0 fully saturated rings. The summed E-state index contributed by atoms with van der Waals surface area (Å²) in [6.45, 7) is 1.52. The molecule has 0 radical (unpaired) electrons. The summed E-state index contributed by atoms with van der Waals surface area (Å²) in [5.41, 5.74) is 4.88. The van der Waals surface area contributed by atoms with Gasteiger partial charge in [-0.25, -0.2) is 0 Å². The average molecular weight is 233 g/mol. The molecule has 5 heteroatoms. The summed E-state index contributed by atoms with van der Waals surface area (Å²) in [7, 11) is 0. The quantitative estimate of drug-likeness (QED) is 0.375. The Hall–Kier alpha value is -0.990. The molecule has 0 rings (SSSR count). The molecule has 12 heavy (non-hydrogen) atoms. The molecule has 0 aliphatic heterocycles. The maximum atomic E-state index is 8.98. The van der Waals surface area contributed by atoms with Crippen LogP contribution < -0.4 is 5.73 Å². The molecule has 0 aliphatic rings. The van der Waals surface area contributed by atoms with Crippen molar-refractivity contribution in [2.24, 2.45) is 5.73 Å². The van der Waals surface area contributed by atoms with Gasteiger partial charge in [-0.1, -0.05) is 15.9 Å². The number of rotatable bonds is 2. The molecule has 1 unspecified atom stereocenters. The number of nitrogens with zero attached hydrogens (tertiary/aromatic N) is 1. The van der Waals surface area contributed by atoms with Crippen LogP contribution in [-0.2, 0) is 0 Å². The van der Waals surface area contributed by atoms with E-state index in [1.165, 1.54) is 13.0 Å². The van der Waals surface area contributed by atoms with E-state index in [4.69, 9.17) is 21.2 Å². The smallest absolute Gasteiger partial charge is 0.199 e. The van der Waals surface area contributed by atoms with Gasteiger partial charge in [0.15, 0.2) is 5.88 Å². The Bertz CT molecular complexity index is 259. The molecule has 0 aliphatic carbocycles. The zero-order valence-electron chi connectivity index (χ0n) is 6.45. The van der Waals surface area contributed by atoms with Gasteiger partial charge in [-0.05, 0) is 13.0 Å². The van der Waals surface area contributed by atoms with Crippen molar-refractivity contribution in [1.29, 1.82) is 5.26 Å². The highest BCUT2D eigenvalue weighted by atomic mass is 79.9. The third kappa shape index (κ3) is 3.42. The van der Waals surface area contributed by atoms with Crippen LogP contribution >= 0.6 is 15.9 Å². The topological polar surface area (TPSA) is 90.3 Å². The summed E-state index contributed by atoms with van der Waals surface area (Å²) in [4.78, 5) is 0. The van der Waals surface area contributed by atoms with Crippen molar-refractivity contribution in [2.75, 3.05) is 0 Å². The standard InChI is InChI=1S/C7H9BrN2O2/c1-4(11)6(8)2-5(3-9)7(10)12/h2,4,11-12H,10H2,1H3/b6-2+,7-5-. The largest absolute Gasteiger partial charge is 0.494 e. The van der Waals surface area contributed by atoms with Crippen LogP contribution in [-0.4, -0.2) is 16.3 Å². The fourth-order valence-corrected chi connectivity index (χ4v) is 0.651. The van der Waals surface area contributed by atoms with Gasteiger partial charge in [0.1, 0.15) is 11.6 Å². The first kappa shape index (κ1) is 11.0. The molecule has 0 bridgehead atoms. The van der Waals surface area contributed by atoms with E-state index in [9.17, 15) is 0 Å². The second kappa shape index (κ2) is 4.80. The first-order valence-corrected chi connectivity index (χ1v) is 3.92. The number of nitrogens with two attached hydrogens (primary N) is 1. The predicted octanol–water partition coefficient (Wildman–Crippen LogP) is 0.898. The average Bonchev–Trinajstić information content (AvgIpc) is 1.98. The van der Waals surface area contributed by atoms with Crippen LogP contribution in [0.2, 0.25) is 0 Å². The van der Waals surface area contributed by atoms with Gasteiger partial charge in [-0.2, -0.15) is 5.26 Å². The zero-order chi connectivity index (χ0) is 9.72. The van der Waals surface area contributed by atoms with Crippen molar-refractivity contribution >= 4 is 15.9 Å². The van der Waals surface area contributed by atoms with Crippen LogP contribution in [0.4, 0.5) is 0 Å². The van der Waals surface area contributed by atoms with E-state index in [2.05, 4.69) is 15.9 Å². The number of aliphatic hydroxyl groups excluding tert-OH is 2. The van der Waals surface area contributed by atoms with Crippen LogP contribution in [0.25, 0.3) is 0 Å². The van der Waals surface area contributed by atoms with Gasteiger partial charge in [0, 0.05) is 4.48 Å². The molecular weight excluding hydrogens is 224 g/mol. The third-order valence-electron chi connectivity index (χ3n) is 1.08. The number of allylic oxidation sites excluding steroid dienone is 2. The molecule has 0 saturated heterocycles. The van der Waals surface area contributed by atoms with Crippen LogP contribution in [0.3, 0.4) is 0 Å². The van der Waals surface area contributed by atoms with Crippen molar-refractivity contribution < 1.29 is 10.2 Å². The van der Waals surface area contributed by atoms with Gasteiger partial charge in [-0.15, -0.1) is 0 Å². The Morgan fingerprint density at radius 2 is 2.25 bits per heavy atom. The number of halogens is 1. The lowest BCUT2D eigenvalue weighted by molar-refractivity contribution is 0.241. The molecule has 4 nitrogen and oxygen atoms in total. The minimum Gasteiger partial charge on any atom is -0.494 e. The second-order valence-corrected chi connectivity index (χ2v) is 3.03. The minimum atomic E-state index is -0.729. The Morgan fingerprint density at radius 3 is 2.50 bits per heavy atom. The summed E-state index contributed by atoms with van der Waals surface area (Å²) in [5.74, 6) is -0.560. The van der Waals surface area contributed by atoms with Crippen molar-refractivity contribution in [3.05, 3.63) is 22.0 Å². The predicted molar refractivity (Wildman–Crippen MR) is 48.1 cm³/mol. The lowest BCUT2D eigenvalue weighted by Crippen LogP contribution is -2.02. The van der Waals surface area contributed by atoms with E-state index in [-0.39, 0.29) is 5.57 Å². The van der Waals surface area contributed by atoms with E-state index in [1.54, 1.807) is 6.07 Å². The van der Waals surface area contributed by atoms with E-state index in [1.807, 2.05) is 0 Å². The van der Waals surface area contributed by atoms with Gasteiger partial charge in [-0.3, -0.25) is 0 Å². The van der Waals surface area contributed by atoms with Crippen molar-refractivity contribution in [3.8, 4) is 6.07 Å². The highest BCUT2D eigenvalue weighted by molar-refractivity contribution is 9.11. The van der Waals surface area contributed by atoms with Crippen LogP contribution in [0.1, 0.15) is 6.92 Å². The van der Waals surface area contributed by atoms with Gasteiger partial charge < -0.3 is 15.9 Å². The molecule has 0 aromatic rings. The maximum absolute atomic E-state index is 8.98. The summed E-state index contributed by atoms with van der Waals surface area (Å²) in [5, 5.41) is 26.1. The normalized spacial score (nSPS) is 16.3. The molecule has 1 atom stereocenters. The monoisotopic (exact) mass is 232 g/mol. The van der Waals surface area contributed by atoms with Crippen LogP contribution in [0.15, 0.2) is 22.0 Å². The number of nitriles is 1. The second-order valence-electron chi connectivity index (χ2n) is 2.12. The van der Waals surface area contributed by atoms with Gasteiger partial charge >= 0.3 is 0 Å². The molecule has 0 aromatic heterocycles. The molecule has 4 N–H and O–H groups in total. The van der Waals surface area contributed by atoms with E-state index in [0.717, 1.165) is 0 Å². The Morgan fingerprint density at radius 1 is 1.75 bits per heavy atom. The molecule has 0 heterocycles. The molecular formula is C7H9BrN2O2. The Labute approximate surface area is 78.7 Å².